The van der Waals surface area contributed by atoms with Crippen LogP contribution in [-0.2, 0) is 14.8 Å². The Morgan fingerprint density at radius 2 is 2.05 bits per heavy atom. The van der Waals surface area contributed by atoms with Crippen molar-refractivity contribution in [3.8, 4) is 0 Å². The Bertz CT molecular complexity index is 571. The fraction of sp³-hybridized carbons (Fsp3) is 0.700. The van der Waals surface area contributed by atoms with Crippen LogP contribution in [0.15, 0.2) is 4.34 Å². The number of aromatic nitrogens is 2. The predicted octanol–water partition coefficient (Wildman–Crippen LogP) is 1.43. The zero-order valence-corrected chi connectivity index (χ0v) is 13.8. The monoisotopic (exact) mass is 340 g/mol. The molecule has 0 atom stereocenters. The van der Waals surface area contributed by atoms with Gasteiger partial charge in [-0.05, 0) is 11.8 Å². The molecule has 7 nitrogen and oxygen atoms in total. The maximum atomic E-state index is 12.0. The number of hydrogen-bond acceptors (Lipinski definition) is 6. The number of sulfonamides is 1. The van der Waals surface area contributed by atoms with E-state index in [1.165, 1.54) is 6.92 Å². The summed E-state index contributed by atoms with van der Waals surface area (Å²) in [6.45, 7) is 5.39. The molecule has 20 heavy (non-hydrogen) atoms. The van der Waals surface area contributed by atoms with Crippen molar-refractivity contribution in [1.82, 2.24) is 14.9 Å². The maximum Gasteiger partial charge on any atom is 0.269 e. The van der Waals surface area contributed by atoms with Crippen LogP contribution in [0.5, 0.6) is 0 Å². The van der Waals surface area contributed by atoms with E-state index in [9.17, 15) is 13.2 Å². The number of nitrogens with zero attached hydrogens (tertiary/aromatic N) is 2. The highest BCUT2D eigenvalue weighted by atomic mass is 35.5. The summed E-state index contributed by atoms with van der Waals surface area (Å²) in [6, 6.07) is 0. The molecular formula is C10H17ClN4O3S2. The summed E-state index contributed by atoms with van der Waals surface area (Å²) in [5.41, 5.74) is -0.250. The van der Waals surface area contributed by atoms with Gasteiger partial charge >= 0.3 is 0 Å². The molecule has 0 aliphatic carbocycles. The van der Waals surface area contributed by atoms with Crippen LogP contribution in [0.25, 0.3) is 0 Å². The van der Waals surface area contributed by atoms with E-state index in [1.807, 2.05) is 13.8 Å². The van der Waals surface area contributed by atoms with E-state index in [2.05, 4.69) is 20.2 Å². The van der Waals surface area contributed by atoms with Gasteiger partial charge in [0.25, 0.3) is 10.0 Å². The molecule has 1 aromatic heterocycles. The second-order valence-electron chi connectivity index (χ2n) is 4.98. The van der Waals surface area contributed by atoms with E-state index in [1.54, 1.807) is 0 Å². The maximum absolute atomic E-state index is 12.0. The summed E-state index contributed by atoms with van der Waals surface area (Å²) in [6.07, 6.45) is 0.685. The first-order valence-electron chi connectivity index (χ1n) is 5.83. The normalized spacial score (nSPS) is 12.4. The van der Waals surface area contributed by atoms with Gasteiger partial charge in [-0.15, -0.1) is 21.8 Å². The topological polar surface area (TPSA) is 101 Å². The highest BCUT2D eigenvalue weighted by Crippen LogP contribution is 2.23. The van der Waals surface area contributed by atoms with Crippen molar-refractivity contribution < 1.29 is 13.2 Å². The summed E-state index contributed by atoms with van der Waals surface area (Å²) < 4.78 is 26.4. The lowest BCUT2D eigenvalue weighted by Crippen LogP contribution is -2.34. The number of rotatable bonds is 7. The zero-order valence-electron chi connectivity index (χ0n) is 11.4. The zero-order chi connectivity index (χ0) is 15.4. The third-order valence-electron chi connectivity index (χ3n) is 2.43. The molecule has 0 bridgehead atoms. The molecule has 0 saturated heterocycles. The van der Waals surface area contributed by atoms with E-state index in [0.717, 1.165) is 11.3 Å². The minimum absolute atomic E-state index is 0.151. The highest BCUT2D eigenvalue weighted by molar-refractivity contribution is 7.91. The van der Waals surface area contributed by atoms with Crippen LogP contribution < -0.4 is 10.0 Å². The van der Waals surface area contributed by atoms with Crippen molar-refractivity contribution in [3.05, 3.63) is 0 Å². The quantitative estimate of drug-likeness (QED) is 0.577. The molecule has 2 N–H and O–H groups in total. The number of nitrogens with one attached hydrogen (secondary N) is 2. The van der Waals surface area contributed by atoms with E-state index in [-0.39, 0.29) is 27.3 Å². The fourth-order valence-electron chi connectivity index (χ4n) is 1.22. The van der Waals surface area contributed by atoms with Gasteiger partial charge in [-0.25, -0.2) is 13.1 Å². The first kappa shape index (κ1) is 17.3. The van der Waals surface area contributed by atoms with Gasteiger partial charge in [-0.2, -0.15) is 0 Å². The Morgan fingerprint density at radius 1 is 1.40 bits per heavy atom. The molecule has 114 valence electrons. The van der Waals surface area contributed by atoms with Crippen molar-refractivity contribution in [2.45, 2.75) is 31.5 Å². The fourth-order valence-corrected chi connectivity index (χ4v) is 3.96. The predicted molar refractivity (Wildman–Crippen MR) is 78.5 cm³/mol. The summed E-state index contributed by atoms with van der Waals surface area (Å²) in [5.74, 6) is 0.126. The minimum atomic E-state index is -3.73. The van der Waals surface area contributed by atoms with E-state index < -0.39 is 10.0 Å². The molecule has 1 aromatic rings. The van der Waals surface area contributed by atoms with Gasteiger partial charge in [-0.1, -0.05) is 25.2 Å². The minimum Gasteiger partial charge on any atom is -0.301 e. The lowest BCUT2D eigenvalue weighted by Gasteiger charge is -2.23. The van der Waals surface area contributed by atoms with Gasteiger partial charge in [0.2, 0.25) is 15.4 Å². The van der Waals surface area contributed by atoms with Crippen LogP contribution in [0.3, 0.4) is 0 Å². The molecular weight excluding hydrogens is 324 g/mol. The van der Waals surface area contributed by atoms with Gasteiger partial charge in [-0.3, -0.25) is 4.79 Å². The number of halogens is 1. The molecule has 1 heterocycles. The van der Waals surface area contributed by atoms with Crippen LogP contribution in [0.1, 0.15) is 27.2 Å². The molecule has 0 radical (unpaired) electrons. The van der Waals surface area contributed by atoms with E-state index in [0.29, 0.717) is 12.3 Å². The highest BCUT2D eigenvalue weighted by Gasteiger charge is 2.25. The first-order chi connectivity index (χ1) is 9.16. The number of carbonyl (C=O) groups is 1. The molecule has 0 aliphatic rings. The number of anilines is 1. The molecule has 0 fully saturated rings. The second kappa shape index (κ2) is 6.79. The van der Waals surface area contributed by atoms with Gasteiger partial charge in [0, 0.05) is 19.3 Å². The number of carbonyl (C=O) groups excluding carboxylic acids is 1. The van der Waals surface area contributed by atoms with Crippen molar-refractivity contribution in [2.24, 2.45) is 5.41 Å². The van der Waals surface area contributed by atoms with Crippen LogP contribution in [0, 0.1) is 5.41 Å². The summed E-state index contributed by atoms with van der Waals surface area (Å²) in [4.78, 5) is 10.9. The molecule has 10 heteroatoms. The lowest BCUT2D eigenvalue weighted by atomic mass is 9.91. The standard InChI is InChI=1S/C10H17ClN4O3S2/c1-7(16)13-8-14-15-9(19-8)20(17,18)12-6-10(2,3)4-5-11/h12H,4-6H2,1-3H3,(H,13,14,16). The Kier molecular flexibility index (Phi) is 5.87. The number of alkyl halides is 1. The van der Waals surface area contributed by atoms with Crippen LogP contribution in [0.4, 0.5) is 5.13 Å². The van der Waals surface area contributed by atoms with Crippen molar-refractivity contribution in [3.63, 3.8) is 0 Å². The smallest absolute Gasteiger partial charge is 0.269 e. The summed E-state index contributed by atoms with van der Waals surface area (Å²) >= 11 is 6.47. The average Bonchev–Trinajstić information content (AvgIpc) is 2.75. The molecule has 1 rings (SSSR count). The summed E-state index contributed by atoms with van der Waals surface area (Å²) in [7, 11) is -3.73. The Hall–Kier alpha value is -0.770. The summed E-state index contributed by atoms with van der Waals surface area (Å²) in [5, 5.41) is 9.70. The van der Waals surface area contributed by atoms with Crippen LogP contribution in [0.2, 0.25) is 0 Å². The van der Waals surface area contributed by atoms with Gasteiger partial charge in [0.05, 0.1) is 0 Å². The SMILES string of the molecule is CC(=O)Nc1nnc(S(=O)(=O)NCC(C)(C)CCCl)s1. The largest absolute Gasteiger partial charge is 0.301 e. The van der Waals surface area contributed by atoms with Crippen molar-refractivity contribution >= 4 is 44.0 Å². The third-order valence-corrected chi connectivity index (χ3v) is 5.23. The van der Waals surface area contributed by atoms with E-state index >= 15 is 0 Å². The Labute approximate surface area is 127 Å². The second-order valence-corrected chi connectivity index (χ2v) is 8.28. The van der Waals surface area contributed by atoms with Crippen LogP contribution >= 0.6 is 22.9 Å². The molecule has 0 unspecified atom stereocenters. The number of amides is 1. The average molecular weight is 341 g/mol. The number of hydrogen-bond donors (Lipinski definition) is 2. The molecule has 0 spiro atoms. The first-order valence-corrected chi connectivity index (χ1v) is 8.66. The van der Waals surface area contributed by atoms with Gasteiger partial charge in [0.15, 0.2) is 0 Å². The molecule has 0 aliphatic heterocycles. The third kappa shape index (κ3) is 5.31. The van der Waals surface area contributed by atoms with Gasteiger partial charge < -0.3 is 5.32 Å². The van der Waals surface area contributed by atoms with Crippen LogP contribution in [-0.4, -0.2) is 36.9 Å². The Morgan fingerprint density at radius 3 is 2.60 bits per heavy atom. The van der Waals surface area contributed by atoms with Gasteiger partial charge in [0.1, 0.15) is 0 Å². The molecule has 0 aromatic carbocycles. The van der Waals surface area contributed by atoms with Crippen molar-refractivity contribution in [2.75, 3.05) is 17.7 Å². The van der Waals surface area contributed by atoms with E-state index in [4.69, 9.17) is 11.6 Å². The lowest BCUT2D eigenvalue weighted by molar-refractivity contribution is -0.114. The van der Waals surface area contributed by atoms with Crippen molar-refractivity contribution in [1.29, 1.82) is 0 Å². The molecule has 0 saturated carbocycles. The Balaban J connectivity index is 2.74. The molecule has 1 amide bonds.